The van der Waals surface area contributed by atoms with E-state index in [1.807, 2.05) is 12.1 Å². The number of halogens is 2. The van der Waals surface area contributed by atoms with E-state index in [-0.39, 0.29) is 10.8 Å². The van der Waals surface area contributed by atoms with Gasteiger partial charge in [0.25, 0.3) is 0 Å². The van der Waals surface area contributed by atoms with E-state index in [2.05, 4.69) is 81.4 Å². The lowest BCUT2D eigenvalue weighted by Crippen LogP contribution is -2.32. The fraction of sp³-hybridized carbons (Fsp3) is 0.400. The van der Waals surface area contributed by atoms with E-state index in [9.17, 15) is 0 Å². The Balaban J connectivity index is 1.94. The van der Waals surface area contributed by atoms with Gasteiger partial charge in [-0.25, -0.2) is 0 Å². The third kappa shape index (κ3) is 2.95. The Bertz CT molecular complexity index is 1060. The normalized spacial score (nSPS) is 20.4. The molecule has 0 saturated carbocycles. The van der Waals surface area contributed by atoms with Gasteiger partial charge in [0, 0.05) is 51.1 Å². The Labute approximate surface area is 184 Å². The van der Waals surface area contributed by atoms with Crippen molar-refractivity contribution in [2.75, 3.05) is 18.0 Å². The van der Waals surface area contributed by atoms with Crippen LogP contribution >= 0.6 is 23.2 Å². The lowest BCUT2D eigenvalue weighted by atomic mass is 9.78. The van der Waals surface area contributed by atoms with Crippen LogP contribution in [0.15, 0.2) is 48.2 Å². The molecule has 0 atom stereocenters. The van der Waals surface area contributed by atoms with Crippen molar-refractivity contribution in [3.63, 3.8) is 0 Å². The summed E-state index contributed by atoms with van der Waals surface area (Å²) in [6.07, 6.45) is 2.41. The van der Waals surface area contributed by atoms with Gasteiger partial charge in [0.2, 0.25) is 5.69 Å². The Hall–Kier alpha value is -1.77. The summed E-state index contributed by atoms with van der Waals surface area (Å²) in [7, 11) is 0. The lowest BCUT2D eigenvalue weighted by molar-refractivity contribution is -0.433. The van der Waals surface area contributed by atoms with Crippen LogP contribution in [0.1, 0.15) is 52.7 Å². The van der Waals surface area contributed by atoms with Gasteiger partial charge in [-0.1, -0.05) is 43.1 Å². The molecule has 0 bridgehead atoms. The monoisotopic (exact) mass is 427 g/mol. The number of likely N-dealkylation sites (N-methyl/N-ethyl adjacent to an activating group) is 1. The fourth-order valence-corrected chi connectivity index (χ4v) is 5.38. The smallest absolute Gasteiger partial charge is 0.211 e. The van der Waals surface area contributed by atoms with E-state index in [4.69, 9.17) is 23.2 Å². The number of fused-ring (bicyclic) bond motifs is 2. The molecule has 0 aliphatic carbocycles. The van der Waals surface area contributed by atoms with Crippen molar-refractivity contribution in [1.82, 2.24) is 0 Å². The highest BCUT2D eigenvalue weighted by molar-refractivity contribution is 6.31. The van der Waals surface area contributed by atoms with E-state index >= 15 is 0 Å². The minimum atomic E-state index is -0.0924. The second-order valence-electron chi connectivity index (χ2n) is 8.98. The van der Waals surface area contributed by atoms with Gasteiger partial charge in [0.15, 0.2) is 5.71 Å². The van der Waals surface area contributed by atoms with Gasteiger partial charge < -0.3 is 4.90 Å². The molecule has 0 aromatic heterocycles. The molecule has 152 valence electrons. The van der Waals surface area contributed by atoms with Gasteiger partial charge in [0.1, 0.15) is 6.54 Å². The summed E-state index contributed by atoms with van der Waals surface area (Å²) < 4.78 is 2.41. The molecule has 2 aromatic rings. The minimum Gasteiger partial charge on any atom is -0.344 e. The van der Waals surface area contributed by atoms with Crippen LogP contribution in [0.4, 0.5) is 11.4 Å². The number of hydrogen-bond donors (Lipinski definition) is 0. The van der Waals surface area contributed by atoms with Crippen LogP contribution in [0.25, 0.3) is 0 Å². The molecule has 0 spiro atoms. The van der Waals surface area contributed by atoms with Gasteiger partial charge in [-0.05, 0) is 57.5 Å². The Morgan fingerprint density at radius 1 is 0.897 bits per heavy atom. The number of hydrogen-bond acceptors (Lipinski definition) is 1. The Morgan fingerprint density at radius 2 is 1.52 bits per heavy atom. The zero-order valence-corrected chi connectivity index (χ0v) is 19.6. The first-order chi connectivity index (χ1) is 13.6. The SMILES string of the molecule is CCN1C(=CC2=[N+](CC)c3cc(Cl)ccc3C2(C)C)C(C)(C)c2ccc(Cl)cc21. The molecule has 2 aliphatic rings. The molecule has 0 radical (unpaired) electrons. The molecular weight excluding hydrogens is 399 g/mol. The highest BCUT2D eigenvalue weighted by Crippen LogP contribution is 2.50. The number of allylic oxidation sites excluding steroid dienone is 2. The number of benzene rings is 2. The highest BCUT2D eigenvalue weighted by atomic mass is 35.5. The molecule has 2 aromatic carbocycles. The number of rotatable bonds is 3. The Kier molecular flexibility index (Phi) is 4.87. The predicted octanol–water partition coefficient (Wildman–Crippen LogP) is 7.09. The van der Waals surface area contributed by atoms with Crippen molar-refractivity contribution >= 4 is 40.3 Å². The maximum Gasteiger partial charge on any atom is 0.211 e. The Morgan fingerprint density at radius 3 is 2.14 bits per heavy atom. The first-order valence-corrected chi connectivity index (χ1v) is 11.1. The first kappa shape index (κ1) is 20.5. The van der Waals surface area contributed by atoms with Crippen molar-refractivity contribution < 1.29 is 4.58 Å². The summed E-state index contributed by atoms with van der Waals surface area (Å²) in [4.78, 5) is 2.41. The van der Waals surface area contributed by atoms with Gasteiger partial charge in [-0.2, -0.15) is 4.58 Å². The van der Waals surface area contributed by atoms with E-state index in [0.717, 1.165) is 23.1 Å². The number of nitrogens with zero attached hydrogens (tertiary/aromatic N) is 2. The van der Waals surface area contributed by atoms with Gasteiger partial charge >= 0.3 is 0 Å². The van der Waals surface area contributed by atoms with Crippen molar-refractivity contribution in [2.24, 2.45) is 0 Å². The third-order valence-corrected chi connectivity index (χ3v) is 7.09. The van der Waals surface area contributed by atoms with Crippen LogP contribution in [0.3, 0.4) is 0 Å². The quantitative estimate of drug-likeness (QED) is 0.473. The maximum atomic E-state index is 6.35. The second-order valence-corrected chi connectivity index (χ2v) is 9.85. The molecule has 0 saturated heterocycles. The summed E-state index contributed by atoms with van der Waals surface area (Å²) in [6, 6.07) is 12.6. The van der Waals surface area contributed by atoms with Crippen LogP contribution in [0, 0.1) is 0 Å². The van der Waals surface area contributed by atoms with E-state index in [1.54, 1.807) is 0 Å². The summed E-state index contributed by atoms with van der Waals surface area (Å²) in [5.74, 6) is 0. The molecule has 29 heavy (non-hydrogen) atoms. The summed E-state index contributed by atoms with van der Waals surface area (Å²) in [5, 5.41) is 1.57. The maximum absolute atomic E-state index is 6.35. The van der Waals surface area contributed by atoms with E-state index in [0.29, 0.717) is 0 Å². The molecule has 0 unspecified atom stereocenters. The summed E-state index contributed by atoms with van der Waals surface area (Å²) in [5.41, 5.74) is 7.54. The molecular formula is C25H29Cl2N2+. The van der Waals surface area contributed by atoms with Crippen LogP contribution < -0.4 is 4.90 Å². The standard InChI is InChI=1S/C25H29Cl2N2/c1-7-28-20-13-16(26)9-11-18(20)24(3,4)22(28)15-23-25(5,6)19-12-10-17(27)14-21(19)29(23)8-2/h9-15H,7-8H2,1-6H3/q+1. The second kappa shape index (κ2) is 6.89. The van der Waals surface area contributed by atoms with Crippen LogP contribution in [-0.4, -0.2) is 23.4 Å². The molecule has 0 amide bonds. The molecule has 0 fully saturated rings. The molecule has 4 rings (SSSR count). The van der Waals surface area contributed by atoms with Gasteiger partial charge in [-0.3, -0.25) is 0 Å². The summed E-state index contributed by atoms with van der Waals surface area (Å²) >= 11 is 12.7. The van der Waals surface area contributed by atoms with Crippen molar-refractivity contribution in [3.8, 4) is 0 Å². The van der Waals surface area contributed by atoms with Crippen LogP contribution in [-0.2, 0) is 10.8 Å². The molecule has 2 aliphatic heterocycles. The van der Waals surface area contributed by atoms with Crippen molar-refractivity contribution in [1.29, 1.82) is 0 Å². The first-order valence-electron chi connectivity index (χ1n) is 10.4. The van der Waals surface area contributed by atoms with Crippen molar-refractivity contribution in [3.05, 3.63) is 69.3 Å². The predicted molar refractivity (Wildman–Crippen MR) is 126 cm³/mol. The largest absolute Gasteiger partial charge is 0.344 e. The average Bonchev–Trinajstić information content (AvgIpc) is 2.99. The van der Waals surface area contributed by atoms with Gasteiger partial charge in [-0.15, -0.1) is 0 Å². The summed E-state index contributed by atoms with van der Waals surface area (Å²) in [6.45, 7) is 15.5. The van der Waals surface area contributed by atoms with E-state index in [1.165, 1.54) is 33.9 Å². The van der Waals surface area contributed by atoms with Crippen LogP contribution in [0.5, 0.6) is 0 Å². The minimum absolute atomic E-state index is 0.0924. The highest BCUT2D eigenvalue weighted by Gasteiger charge is 2.47. The zero-order chi connectivity index (χ0) is 21.1. The molecule has 2 nitrogen and oxygen atoms in total. The molecule has 0 N–H and O–H groups in total. The topological polar surface area (TPSA) is 6.25 Å². The fourth-order valence-electron chi connectivity index (χ4n) is 5.05. The van der Waals surface area contributed by atoms with Crippen LogP contribution in [0.2, 0.25) is 10.0 Å². The van der Waals surface area contributed by atoms with Crippen molar-refractivity contribution in [2.45, 2.75) is 52.4 Å². The number of anilines is 1. The molecule has 2 heterocycles. The van der Waals surface area contributed by atoms with E-state index < -0.39 is 0 Å². The van der Waals surface area contributed by atoms with Gasteiger partial charge in [0.05, 0.1) is 5.41 Å². The lowest BCUT2D eigenvalue weighted by Gasteiger charge is -2.27. The third-order valence-electron chi connectivity index (χ3n) is 6.62. The zero-order valence-electron chi connectivity index (χ0n) is 18.1. The average molecular weight is 428 g/mol. The molecule has 4 heteroatoms.